The number of rotatable bonds is 2. The van der Waals surface area contributed by atoms with Crippen molar-refractivity contribution in [3.05, 3.63) is 23.8 Å². The molecular weight excluding hydrogens is 168 g/mol. The molecule has 0 amide bonds. The standard InChI is InChI=1S/C9H10N2S/c1-2-12-8-4-3-7(6-10)9(11)5-8/h3-5H,2,11H2,1H3. The Balaban J connectivity index is 2.96. The first-order valence-electron chi connectivity index (χ1n) is 3.70. The van der Waals surface area contributed by atoms with Crippen LogP contribution in [0.5, 0.6) is 0 Å². The minimum absolute atomic E-state index is 0.551. The largest absolute Gasteiger partial charge is 0.398 e. The summed E-state index contributed by atoms with van der Waals surface area (Å²) in [4.78, 5) is 1.12. The maximum atomic E-state index is 8.60. The molecule has 0 heterocycles. The van der Waals surface area contributed by atoms with Crippen LogP contribution in [0.4, 0.5) is 5.69 Å². The first kappa shape index (κ1) is 8.95. The van der Waals surface area contributed by atoms with Gasteiger partial charge in [0.2, 0.25) is 0 Å². The van der Waals surface area contributed by atoms with Crippen LogP contribution in [0.15, 0.2) is 23.1 Å². The Morgan fingerprint density at radius 3 is 2.83 bits per heavy atom. The van der Waals surface area contributed by atoms with Gasteiger partial charge in [-0.25, -0.2) is 0 Å². The summed E-state index contributed by atoms with van der Waals surface area (Å²) in [5.41, 5.74) is 6.74. The molecule has 0 aliphatic carbocycles. The molecular formula is C9H10N2S. The van der Waals surface area contributed by atoms with Crippen LogP contribution < -0.4 is 5.73 Å². The zero-order valence-electron chi connectivity index (χ0n) is 6.87. The van der Waals surface area contributed by atoms with E-state index in [4.69, 9.17) is 11.0 Å². The molecule has 3 heteroatoms. The molecule has 1 aromatic rings. The molecule has 0 spiro atoms. The van der Waals surface area contributed by atoms with Gasteiger partial charge >= 0.3 is 0 Å². The van der Waals surface area contributed by atoms with Crippen molar-refractivity contribution in [3.63, 3.8) is 0 Å². The van der Waals surface area contributed by atoms with Crippen LogP contribution in [0.25, 0.3) is 0 Å². The molecule has 1 rings (SSSR count). The summed E-state index contributed by atoms with van der Waals surface area (Å²) in [5, 5.41) is 8.60. The lowest BCUT2D eigenvalue weighted by molar-refractivity contribution is 1.40. The molecule has 0 radical (unpaired) electrons. The first-order chi connectivity index (χ1) is 5.77. The average Bonchev–Trinajstić information content (AvgIpc) is 2.05. The Labute approximate surface area is 76.4 Å². The fourth-order valence-corrected chi connectivity index (χ4v) is 1.61. The molecule has 12 heavy (non-hydrogen) atoms. The number of nitrogens with two attached hydrogens (primary N) is 1. The lowest BCUT2D eigenvalue weighted by atomic mass is 10.2. The third kappa shape index (κ3) is 1.93. The van der Waals surface area contributed by atoms with Crippen molar-refractivity contribution in [2.45, 2.75) is 11.8 Å². The SMILES string of the molecule is CCSc1ccc(C#N)c(N)c1. The molecule has 2 N–H and O–H groups in total. The van der Waals surface area contributed by atoms with Gasteiger partial charge in [-0.15, -0.1) is 11.8 Å². The monoisotopic (exact) mass is 178 g/mol. The predicted octanol–water partition coefficient (Wildman–Crippen LogP) is 2.25. The summed E-state index contributed by atoms with van der Waals surface area (Å²) in [7, 11) is 0. The lowest BCUT2D eigenvalue weighted by Gasteiger charge is -2.00. The highest BCUT2D eigenvalue weighted by Crippen LogP contribution is 2.22. The molecule has 0 aromatic heterocycles. The van der Waals surface area contributed by atoms with Gasteiger partial charge in [-0.2, -0.15) is 5.26 Å². The van der Waals surface area contributed by atoms with Crippen molar-refractivity contribution in [3.8, 4) is 6.07 Å². The molecule has 0 saturated heterocycles. The third-order valence-electron chi connectivity index (χ3n) is 1.45. The fraction of sp³-hybridized carbons (Fsp3) is 0.222. The number of benzene rings is 1. The van der Waals surface area contributed by atoms with E-state index < -0.39 is 0 Å². The Hall–Kier alpha value is -1.14. The number of nitrogen functional groups attached to an aromatic ring is 1. The van der Waals surface area contributed by atoms with Crippen molar-refractivity contribution < 1.29 is 0 Å². The predicted molar refractivity (Wildman–Crippen MR) is 52.0 cm³/mol. The van der Waals surface area contributed by atoms with Gasteiger partial charge in [0.15, 0.2) is 0 Å². The summed E-state index contributed by atoms with van der Waals surface area (Å²) in [5.74, 6) is 1.02. The minimum Gasteiger partial charge on any atom is -0.398 e. The van der Waals surface area contributed by atoms with Gasteiger partial charge in [-0.1, -0.05) is 6.92 Å². The normalized spacial score (nSPS) is 9.33. The second-order valence-corrected chi connectivity index (χ2v) is 3.63. The summed E-state index contributed by atoms with van der Waals surface area (Å²) in [6.07, 6.45) is 0. The van der Waals surface area contributed by atoms with E-state index in [1.807, 2.05) is 18.2 Å². The van der Waals surface area contributed by atoms with Crippen LogP contribution in [0.3, 0.4) is 0 Å². The zero-order chi connectivity index (χ0) is 8.97. The van der Waals surface area contributed by atoms with Crippen molar-refractivity contribution in [2.75, 3.05) is 11.5 Å². The molecule has 2 nitrogen and oxygen atoms in total. The Kier molecular flexibility index (Phi) is 3.01. The van der Waals surface area contributed by atoms with Crippen molar-refractivity contribution in [1.29, 1.82) is 5.26 Å². The van der Waals surface area contributed by atoms with Crippen molar-refractivity contribution in [2.24, 2.45) is 0 Å². The number of hydrogen-bond donors (Lipinski definition) is 1. The van der Waals surface area contributed by atoms with Gasteiger partial charge in [-0.3, -0.25) is 0 Å². The molecule has 0 saturated carbocycles. The van der Waals surface area contributed by atoms with E-state index in [1.54, 1.807) is 17.8 Å². The average molecular weight is 178 g/mol. The Morgan fingerprint density at radius 2 is 2.33 bits per heavy atom. The van der Waals surface area contributed by atoms with E-state index in [0.717, 1.165) is 10.6 Å². The second kappa shape index (κ2) is 4.03. The molecule has 0 aliphatic heterocycles. The number of nitrogens with zero attached hydrogens (tertiary/aromatic N) is 1. The molecule has 0 aliphatic rings. The van der Waals surface area contributed by atoms with E-state index in [9.17, 15) is 0 Å². The third-order valence-corrected chi connectivity index (χ3v) is 2.33. The van der Waals surface area contributed by atoms with Crippen LogP contribution in [-0.4, -0.2) is 5.75 Å². The molecule has 0 bridgehead atoms. The molecule has 1 aromatic carbocycles. The van der Waals surface area contributed by atoms with Gasteiger partial charge in [0, 0.05) is 4.90 Å². The summed E-state index contributed by atoms with van der Waals surface area (Å²) in [6.45, 7) is 2.08. The van der Waals surface area contributed by atoms with E-state index in [1.165, 1.54) is 0 Å². The quantitative estimate of drug-likeness (QED) is 0.558. The van der Waals surface area contributed by atoms with E-state index >= 15 is 0 Å². The van der Waals surface area contributed by atoms with Gasteiger partial charge in [0.1, 0.15) is 6.07 Å². The van der Waals surface area contributed by atoms with Crippen LogP contribution >= 0.6 is 11.8 Å². The smallest absolute Gasteiger partial charge is 0.101 e. The van der Waals surface area contributed by atoms with E-state index in [0.29, 0.717) is 11.3 Å². The highest BCUT2D eigenvalue weighted by Gasteiger charge is 1.98. The molecule has 0 atom stereocenters. The lowest BCUT2D eigenvalue weighted by Crippen LogP contribution is -1.89. The van der Waals surface area contributed by atoms with Crippen LogP contribution in [-0.2, 0) is 0 Å². The maximum absolute atomic E-state index is 8.60. The van der Waals surface area contributed by atoms with Crippen LogP contribution in [0.1, 0.15) is 12.5 Å². The first-order valence-corrected chi connectivity index (χ1v) is 4.69. The molecule has 0 unspecified atom stereocenters. The van der Waals surface area contributed by atoms with Gasteiger partial charge in [0.25, 0.3) is 0 Å². The Morgan fingerprint density at radius 1 is 1.58 bits per heavy atom. The second-order valence-electron chi connectivity index (χ2n) is 2.29. The summed E-state index contributed by atoms with van der Waals surface area (Å²) >= 11 is 1.72. The summed E-state index contributed by atoms with van der Waals surface area (Å²) < 4.78 is 0. The van der Waals surface area contributed by atoms with Gasteiger partial charge in [-0.05, 0) is 24.0 Å². The van der Waals surface area contributed by atoms with Gasteiger partial charge < -0.3 is 5.73 Å². The van der Waals surface area contributed by atoms with Crippen LogP contribution in [0.2, 0.25) is 0 Å². The van der Waals surface area contributed by atoms with Crippen LogP contribution in [0, 0.1) is 11.3 Å². The van der Waals surface area contributed by atoms with Crippen molar-refractivity contribution in [1.82, 2.24) is 0 Å². The highest BCUT2D eigenvalue weighted by atomic mass is 32.2. The molecule has 62 valence electrons. The maximum Gasteiger partial charge on any atom is 0.101 e. The number of nitriles is 1. The number of hydrogen-bond acceptors (Lipinski definition) is 3. The topological polar surface area (TPSA) is 49.8 Å². The molecule has 0 fully saturated rings. The Bertz CT molecular complexity index is 315. The number of thioether (sulfide) groups is 1. The highest BCUT2D eigenvalue weighted by molar-refractivity contribution is 7.99. The fourth-order valence-electron chi connectivity index (χ4n) is 0.899. The number of anilines is 1. The van der Waals surface area contributed by atoms with Crippen molar-refractivity contribution >= 4 is 17.4 Å². The summed E-state index contributed by atoms with van der Waals surface area (Å²) in [6, 6.07) is 7.55. The van der Waals surface area contributed by atoms with Gasteiger partial charge in [0.05, 0.1) is 11.3 Å². The minimum atomic E-state index is 0.551. The van der Waals surface area contributed by atoms with E-state index in [2.05, 4.69) is 6.92 Å². The zero-order valence-corrected chi connectivity index (χ0v) is 7.69. The van der Waals surface area contributed by atoms with E-state index in [-0.39, 0.29) is 0 Å².